The molecule has 0 radical (unpaired) electrons. The lowest BCUT2D eigenvalue weighted by Crippen LogP contribution is -2.45. The molecule has 19 heavy (non-hydrogen) atoms. The Kier molecular flexibility index (Phi) is 5.36. The number of carbonyl (C=O) groups excluding carboxylic acids is 1. The summed E-state index contributed by atoms with van der Waals surface area (Å²) in [5, 5.41) is 3.07. The average Bonchev–Trinajstić information content (AvgIpc) is 2.31. The molecule has 1 atom stereocenters. The summed E-state index contributed by atoms with van der Waals surface area (Å²) < 4.78 is 0. The van der Waals surface area contributed by atoms with E-state index >= 15 is 0 Å². The topological polar surface area (TPSA) is 58.4 Å². The molecular weight excluding hydrogens is 238 g/mol. The number of anilines is 1. The molecule has 1 amide bonds. The predicted octanol–water partition coefficient (Wildman–Crippen LogP) is 1.89. The number of amides is 1. The molecule has 0 heterocycles. The van der Waals surface area contributed by atoms with Crippen molar-refractivity contribution in [2.45, 2.75) is 26.8 Å². The number of aryl methyl sites for hydroxylation is 1. The zero-order chi connectivity index (χ0) is 14.6. The maximum absolute atomic E-state index is 12.2. The van der Waals surface area contributed by atoms with Gasteiger partial charge in [0.15, 0.2) is 0 Å². The van der Waals surface area contributed by atoms with Crippen LogP contribution in [-0.2, 0) is 0 Å². The van der Waals surface area contributed by atoms with E-state index in [0.29, 0.717) is 17.2 Å². The Labute approximate surface area is 116 Å². The van der Waals surface area contributed by atoms with Gasteiger partial charge in [-0.1, -0.05) is 19.9 Å². The van der Waals surface area contributed by atoms with Crippen LogP contribution < -0.4 is 11.1 Å². The molecule has 4 nitrogen and oxygen atoms in total. The first-order valence-corrected chi connectivity index (χ1v) is 6.63. The van der Waals surface area contributed by atoms with E-state index in [4.69, 9.17) is 5.73 Å². The first-order chi connectivity index (χ1) is 8.81. The third-order valence-electron chi connectivity index (χ3n) is 3.22. The lowest BCUT2D eigenvalue weighted by Gasteiger charge is -2.25. The number of nitrogens with two attached hydrogens (primary N) is 1. The minimum atomic E-state index is -0.0627. The molecule has 1 aromatic carbocycles. The highest BCUT2D eigenvalue weighted by Gasteiger charge is 2.18. The second kappa shape index (κ2) is 6.57. The first-order valence-electron chi connectivity index (χ1n) is 6.63. The van der Waals surface area contributed by atoms with Crippen molar-refractivity contribution in [3.8, 4) is 0 Å². The number of rotatable bonds is 5. The fourth-order valence-electron chi connectivity index (χ4n) is 1.85. The van der Waals surface area contributed by atoms with Gasteiger partial charge in [0.05, 0.1) is 0 Å². The number of benzene rings is 1. The van der Waals surface area contributed by atoms with Crippen LogP contribution in [0.4, 0.5) is 5.69 Å². The Morgan fingerprint density at radius 1 is 1.37 bits per heavy atom. The Morgan fingerprint density at radius 2 is 2.00 bits per heavy atom. The van der Waals surface area contributed by atoms with E-state index in [0.717, 1.165) is 12.1 Å². The molecule has 0 aromatic heterocycles. The maximum Gasteiger partial charge on any atom is 0.251 e. The molecule has 106 valence electrons. The quantitative estimate of drug-likeness (QED) is 0.798. The highest BCUT2D eigenvalue weighted by atomic mass is 16.1. The van der Waals surface area contributed by atoms with Crippen molar-refractivity contribution in [1.29, 1.82) is 0 Å². The Morgan fingerprint density at radius 3 is 2.47 bits per heavy atom. The lowest BCUT2D eigenvalue weighted by atomic mass is 10.0. The van der Waals surface area contributed by atoms with Crippen LogP contribution in [0, 0.1) is 12.8 Å². The molecular formula is C15H25N3O. The maximum atomic E-state index is 12.2. The van der Waals surface area contributed by atoms with E-state index in [1.807, 2.05) is 33.2 Å². The Hall–Kier alpha value is -1.55. The fraction of sp³-hybridized carbons (Fsp3) is 0.533. The van der Waals surface area contributed by atoms with Crippen molar-refractivity contribution in [2.75, 3.05) is 26.4 Å². The minimum Gasteiger partial charge on any atom is -0.398 e. The van der Waals surface area contributed by atoms with Gasteiger partial charge in [-0.15, -0.1) is 0 Å². The van der Waals surface area contributed by atoms with Crippen molar-refractivity contribution in [1.82, 2.24) is 10.2 Å². The van der Waals surface area contributed by atoms with Crippen molar-refractivity contribution >= 4 is 11.6 Å². The molecule has 3 N–H and O–H groups in total. The van der Waals surface area contributed by atoms with E-state index < -0.39 is 0 Å². The van der Waals surface area contributed by atoms with Crippen LogP contribution in [0.25, 0.3) is 0 Å². The van der Waals surface area contributed by atoms with Gasteiger partial charge in [-0.25, -0.2) is 0 Å². The van der Waals surface area contributed by atoms with E-state index in [1.54, 1.807) is 6.07 Å². The Bertz CT molecular complexity index is 441. The summed E-state index contributed by atoms with van der Waals surface area (Å²) in [4.78, 5) is 14.3. The molecule has 0 spiro atoms. The van der Waals surface area contributed by atoms with E-state index in [1.165, 1.54) is 0 Å². The summed E-state index contributed by atoms with van der Waals surface area (Å²) in [5.74, 6) is 0.321. The molecule has 0 bridgehead atoms. The molecule has 1 rings (SSSR count). The number of hydrogen-bond acceptors (Lipinski definition) is 3. The summed E-state index contributed by atoms with van der Waals surface area (Å²) in [6, 6.07) is 5.55. The van der Waals surface area contributed by atoms with Crippen LogP contribution in [0.5, 0.6) is 0 Å². The fourth-order valence-corrected chi connectivity index (χ4v) is 1.85. The van der Waals surface area contributed by atoms with Crippen LogP contribution in [-0.4, -0.2) is 37.5 Å². The van der Waals surface area contributed by atoms with E-state index in [9.17, 15) is 4.79 Å². The molecule has 0 aliphatic carbocycles. The Balaban J connectivity index is 2.78. The zero-order valence-corrected chi connectivity index (χ0v) is 12.5. The van der Waals surface area contributed by atoms with Crippen LogP contribution >= 0.6 is 0 Å². The smallest absolute Gasteiger partial charge is 0.251 e. The molecule has 0 aliphatic rings. The number of nitrogens with zero attached hydrogens (tertiary/aromatic N) is 1. The van der Waals surface area contributed by atoms with Gasteiger partial charge in [0.2, 0.25) is 0 Å². The highest BCUT2D eigenvalue weighted by Crippen LogP contribution is 2.13. The third-order valence-corrected chi connectivity index (χ3v) is 3.22. The lowest BCUT2D eigenvalue weighted by molar-refractivity contribution is 0.0916. The second-order valence-corrected chi connectivity index (χ2v) is 5.66. The number of carbonyl (C=O) groups is 1. The van der Waals surface area contributed by atoms with Crippen molar-refractivity contribution in [2.24, 2.45) is 5.92 Å². The van der Waals surface area contributed by atoms with Gasteiger partial charge in [-0.2, -0.15) is 0 Å². The zero-order valence-electron chi connectivity index (χ0n) is 12.5. The molecule has 1 aromatic rings. The van der Waals surface area contributed by atoms with Gasteiger partial charge in [-0.3, -0.25) is 4.79 Å². The van der Waals surface area contributed by atoms with Crippen molar-refractivity contribution in [3.05, 3.63) is 29.3 Å². The predicted molar refractivity (Wildman–Crippen MR) is 80.2 cm³/mol. The van der Waals surface area contributed by atoms with Crippen LogP contribution in [0.3, 0.4) is 0 Å². The molecule has 1 unspecified atom stereocenters. The first kappa shape index (κ1) is 15.5. The number of likely N-dealkylation sites (N-methyl/N-ethyl adjacent to an activating group) is 1. The number of hydrogen-bond donors (Lipinski definition) is 2. The number of nitrogen functional groups attached to an aromatic ring is 1. The SMILES string of the molecule is Cc1ccc(C(=O)NC(CN(C)C)C(C)C)cc1N. The molecule has 0 fully saturated rings. The monoisotopic (exact) mass is 263 g/mol. The summed E-state index contributed by atoms with van der Waals surface area (Å²) in [5.41, 5.74) is 8.10. The van der Waals surface area contributed by atoms with E-state index in [-0.39, 0.29) is 11.9 Å². The van der Waals surface area contributed by atoms with Crippen molar-refractivity contribution in [3.63, 3.8) is 0 Å². The van der Waals surface area contributed by atoms with Crippen LogP contribution in [0.2, 0.25) is 0 Å². The third kappa shape index (κ3) is 4.56. The number of nitrogens with one attached hydrogen (secondary N) is 1. The summed E-state index contributed by atoms with van der Waals surface area (Å²) >= 11 is 0. The molecule has 4 heteroatoms. The summed E-state index contributed by atoms with van der Waals surface area (Å²) in [7, 11) is 4.01. The van der Waals surface area contributed by atoms with Gasteiger partial charge >= 0.3 is 0 Å². The van der Waals surface area contributed by atoms with Gasteiger partial charge in [0.1, 0.15) is 0 Å². The van der Waals surface area contributed by atoms with E-state index in [2.05, 4.69) is 24.1 Å². The largest absolute Gasteiger partial charge is 0.398 e. The van der Waals surface area contributed by atoms with Crippen LogP contribution in [0.15, 0.2) is 18.2 Å². The standard InChI is InChI=1S/C15H25N3O/c1-10(2)14(9-18(4)5)17-15(19)12-7-6-11(3)13(16)8-12/h6-8,10,14H,9,16H2,1-5H3,(H,17,19). The molecule has 0 saturated heterocycles. The molecule has 0 saturated carbocycles. The van der Waals surface area contributed by atoms with Gasteiger partial charge in [-0.05, 0) is 44.6 Å². The minimum absolute atomic E-state index is 0.0627. The molecule has 0 aliphatic heterocycles. The van der Waals surface area contributed by atoms with Crippen molar-refractivity contribution < 1.29 is 4.79 Å². The van der Waals surface area contributed by atoms with Crippen LogP contribution in [0.1, 0.15) is 29.8 Å². The highest BCUT2D eigenvalue weighted by molar-refractivity contribution is 5.95. The average molecular weight is 263 g/mol. The summed E-state index contributed by atoms with van der Waals surface area (Å²) in [6.07, 6.45) is 0. The van der Waals surface area contributed by atoms with Gasteiger partial charge in [0, 0.05) is 23.8 Å². The summed E-state index contributed by atoms with van der Waals surface area (Å²) in [6.45, 7) is 6.97. The van der Waals surface area contributed by atoms with Gasteiger partial charge < -0.3 is 16.0 Å². The second-order valence-electron chi connectivity index (χ2n) is 5.66. The van der Waals surface area contributed by atoms with Gasteiger partial charge in [0.25, 0.3) is 5.91 Å². The normalized spacial score (nSPS) is 12.8.